The number of nitrogens with one attached hydrogen (secondary N) is 2. The molecule has 0 aromatic heterocycles. The SMILES string of the molecule is CS(=O)(=O)N[C@H]1[C@H](NC2CSCCSC2)[C@@H]2CCO[C@@H]21. The molecule has 5 nitrogen and oxygen atoms in total. The molecule has 0 aromatic carbocycles. The summed E-state index contributed by atoms with van der Waals surface area (Å²) in [5.41, 5.74) is 0. The molecule has 3 rings (SSSR count). The Labute approximate surface area is 129 Å². The summed E-state index contributed by atoms with van der Waals surface area (Å²) >= 11 is 3.97. The summed E-state index contributed by atoms with van der Waals surface area (Å²) in [6.07, 6.45) is 2.33. The minimum atomic E-state index is -3.18. The highest BCUT2D eigenvalue weighted by Gasteiger charge is 2.55. The Hall–Kier alpha value is 0.530. The molecule has 116 valence electrons. The Kier molecular flexibility index (Phi) is 4.89. The van der Waals surface area contributed by atoms with Crippen LogP contribution < -0.4 is 10.0 Å². The number of hydrogen-bond acceptors (Lipinski definition) is 6. The smallest absolute Gasteiger partial charge is 0.209 e. The largest absolute Gasteiger partial charge is 0.376 e. The van der Waals surface area contributed by atoms with Gasteiger partial charge in [0.25, 0.3) is 0 Å². The molecular weight excluding hydrogens is 316 g/mol. The average molecular weight is 339 g/mol. The van der Waals surface area contributed by atoms with Crippen LogP contribution in [0, 0.1) is 5.92 Å². The first kappa shape index (κ1) is 15.4. The highest BCUT2D eigenvalue weighted by Crippen LogP contribution is 2.39. The van der Waals surface area contributed by atoms with Crippen molar-refractivity contribution in [3.63, 3.8) is 0 Å². The third-order valence-corrected chi connectivity index (χ3v) is 7.39. The lowest BCUT2D eigenvalue weighted by Gasteiger charge is -2.49. The van der Waals surface area contributed by atoms with Crippen LogP contribution in [0.3, 0.4) is 0 Å². The zero-order chi connectivity index (χ0) is 14.2. The van der Waals surface area contributed by atoms with Crippen LogP contribution in [0.15, 0.2) is 0 Å². The molecule has 0 radical (unpaired) electrons. The Morgan fingerprint density at radius 3 is 2.50 bits per heavy atom. The molecule has 1 aliphatic carbocycles. The fourth-order valence-corrected chi connectivity index (χ4v) is 6.51. The Bertz CT molecular complexity index is 437. The average Bonchev–Trinajstić information content (AvgIpc) is 2.62. The molecule has 0 bridgehead atoms. The number of ether oxygens (including phenoxy) is 1. The van der Waals surface area contributed by atoms with Crippen LogP contribution in [-0.2, 0) is 14.8 Å². The number of hydrogen-bond donors (Lipinski definition) is 2. The van der Waals surface area contributed by atoms with Gasteiger partial charge in [-0.2, -0.15) is 23.5 Å². The molecule has 20 heavy (non-hydrogen) atoms. The molecule has 0 aromatic rings. The van der Waals surface area contributed by atoms with Crippen LogP contribution in [0.25, 0.3) is 0 Å². The van der Waals surface area contributed by atoms with Gasteiger partial charge in [-0.1, -0.05) is 0 Å². The molecule has 2 saturated heterocycles. The van der Waals surface area contributed by atoms with Crippen LogP contribution in [-0.4, -0.2) is 68.5 Å². The van der Waals surface area contributed by atoms with E-state index in [2.05, 4.69) is 10.0 Å². The van der Waals surface area contributed by atoms with Crippen molar-refractivity contribution < 1.29 is 13.2 Å². The Balaban J connectivity index is 1.63. The maximum atomic E-state index is 11.5. The fraction of sp³-hybridized carbons (Fsp3) is 1.00. The number of thioether (sulfide) groups is 2. The van der Waals surface area contributed by atoms with Gasteiger partial charge in [0.05, 0.1) is 18.4 Å². The molecule has 1 saturated carbocycles. The minimum absolute atomic E-state index is 0.0632. The maximum absolute atomic E-state index is 11.5. The van der Waals surface area contributed by atoms with Gasteiger partial charge in [0, 0.05) is 47.6 Å². The summed E-state index contributed by atoms with van der Waals surface area (Å²) in [4.78, 5) is 0. The van der Waals surface area contributed by atoms with Crippen LogP contribution in [0.1, 0.15) is 6.42 Å². The molecule has 2 aliphatic heterocycles. The van der Waals surface area contributed by atoms with Gasteiger partial charge >= 0.3 is 0 Å². The van der Waals surface area contributed by atoms with Gasteiger partial charge in [0.15, 0.2) is 0 Å². The maximum Gasteiger partial charge on any atom is 0.209 e. The third kappa shape index (κ3) is 3.47. The minimum Gasteiger partial charge on any atom is -0.376 e. The van der Waals surface area contributed by atoms with E-state index in [9.17, 15) is 8.42 Å². The van der Waals surface area contributed by atoms with Crippen LogP contribution in [0.5, 0.6) is 0 Å². The molecule has 0 unspecified atom stereocenters. The molecule has 3 fully saturated rings. The van der Waals surface area contributed by atoms with E-state index >= 15 is 0 Å². The van der Waals surface area contributed by atoms with Gasteiger partial charge in [0.2, 0.25) is 10.0 Å². The normalized spacial score (nSPS) is 39.0. The molecule has 0 spiro atoms. The Morgan fingerprint density at radius 1 is 1.15 bits per heavy atom. The van der Waals surface area contributed by atoms with Crippen LogP contribution in [0.4, 0.5) is 0 Å². The molecule has 3 aliphatic rings. The van der Waals surface area contributed by atoms with Crippen molar-refractivity contribution in [2.45, 2.75) is 30.7 Å². The molecule has 0 amide bonds. The van der Waals surface area contributed by atoms with Gasteiger partial charge in [-0.05, 0) is 6.42 Å². The fourth-order valence-electron chi connectivity index (χ4n) is 3.31. The van der Waals surface area contributed by atoms with Gasteiger partial charge in [0.1, 0.15) is 0 Å². The summed E-state index contributed by atoms with van der Waals surface area (Å²) in [7, 11) is -3.18. The summed E-state index contributed by atoms with van der Waals surface area (Å²) in [6.45, 7) is 0.754. The lowest BCUT2D eigenvalue weighted by molar-refractivity contribution is -0.0233. The first-order chi connectivity index (χ1) is 9.54. The van der Waals surface area contributed by atoms with E-state index < -0.39 is 10.0 Å². The predicted molar refractivity (Wildman–Crippen MR) is 85.0 cm³/mol. The van der Waals surface area contributed by atoms with E-state index in [1.165, 1.54) is 17.8 Å². The van der Waals surface area contributed by atoms with Crippen LogP contribution in [0.2, 0.25) is 0 Å². The van der Waals surface area contributed by atoms with E-state index in [4.69, 9.17) is 4.74 Å². The second kappa shape index (κ2) is 6.34. The molecular formula is C12H22N2O3S3. The highest BCUT2D eigenvalue weighted by molar-refractivity contribution is 8.03. The van der Waals surface area contributed by atoms with E-state index in [1.54, 1.807) is 0 Å². The zero-order valence-electron chi connectivity index (χ0n) is 11.6. The summed E-state index contributed by atoms with van der Waals surface area (Å²) in [6, 6.07) is 0.597. The predicted octanol–water partition coefficient (Wildman–Crippen LogP) is 0.130. The number of fused-ring (bicyclic) bond motifs is 1. The summed E-state index contributed by atoms with van der Waals surface area (Å²) in [5.74, 6) is 5.13. The lowest BCUT2D eigenvalue weighted by atomic mass is 9.72. The van der Waals surface area contributed by atoms with Crippen molar-refractivity contribution in [1.29, 1.82) is 0 Å². The second-order valence-corrected chi connectivity index (χ2v) is 9.82. The van der Waals surface area contributed by atoms with Gasteiger partial charge in [-0.3, -0.25) is 0 Å². The topological polar surface area (TPSA) is 67.4 Å². The number of rotatable bonds is 4. The molecule has 8 heteroatoms. The van der Waals surface area contributed by atoms with Gasteiger partial charge < -0.3 is 10.1 Å². The van der Waals surface area contributed by atoms with Crippen LogP contribution >= 0.6 is 23.5 Å². The van der Waals surface area contributed by atoms with E-state index in [0.717, 1.165) is 24.5 Å². The standard InChI is InChI=1S/C12H22N2O3S3/c1-20(15,16)14-11-10(9-2-3-17-12(9)11)13-8-6-18-4-5-19-7-8/h8-14H,2-7H2,1H3/t9-,10+,11-,12-/m0/s1. The molecule has 2 N–H and O–H groups in total. The Morgan fingerprint density at radius 2 is 1.85 bits per heavy atom. The van der Waals surface area contributed by atoms with Gasteiger partial charge in [-0.25, -0.2) is 13.1 Å². The van der Waals surface area contributed by atoms with E-state index in [0.29, 0.717) is 12.0 Å². The first-order valence-electron chi connectivity index (χ1n) is 7.05. The summed E-state index contributed by atoms with van der Waals surface area (Å²) in [5, 5.41) is 3.69. The summed E-state index contributed by atoms with van der Waals surface area (Å²) < 4.78 is 31.5. The third-order valence-electron chi connectivity index (χ3n) is 4.17. The van der Waals surface area contributed by atoms with Crippen molar-refractivity contribution in [2.75, 3.05) is 35.9 Å². The second-order valence-electron chi connectivity index (χ2n) is 5.74. The van der Waals surface area contributed by atoms with Crippen molar-refractivity contribution in [2.24, 2.45) is 5.92 Å². The van der Waals surface area contributed by atoms with Crippen molar-refractivity contribution >= 4 is 33.5 Å². The lowest BCUT2D eigenvalue weighted by Crippen LogP contribution is -2.71. The monoisotopic (exact) mass is 338 g/mol. The van der Waals surface area contributed by atoms with Crippen molar-refractivity contribution in [3.8, 4) is 0 Å². The molecule has 4 atom stereocenters. The quantitative estimate of drug-likeness (QED) is 0.759. The van der Waals surface area contributed by atoms with Crippen molar-refractivity contribution in [3.05, 3.63) is 0 Å². The molecule has 2 heterocycles. The highest BCUT2D eigenvalue weighted by atomic mass is 32.2. The van der Waals surface area contributed by atoms with Crippen molar-refractivity contribution in [1.82, 2.24) is 10.0 Å². The first-order valence-corrected chi connectivity index (χ1v) is 11.2. The van der Waals surface area contributed by atoms with E-state index in [1.807, 2.05) is 23.5 Å². The van der Waals surface area contributed by atoms with Gasteiger partial charge in [-0.15, -0.1) is 0 Å². The number of sulfonamides is 1. The zero-order valence-corrected chi connectivity index (χ0v) is 14.0. The van der Waals surface area contributed by atoms with E-state index in [-0.39, 0.29) is 18.2 Å².